The van der Waals surface area contributed by atoms with Gasteiger partial charge in [-0.15, -0.1) is 0 Å². The fourth-order valence-corrected chi connectivity index (χ4v) is 2.34. The van der Waals surface area contributed by atoms with Gasteiger partial charge in [0.15, 0.2) is 0 Å². The van der Waals surface area contributed by atoms with Crippen LogP contribution in [0, 0.1) is 5.92 Å². The number of carbonyl (C=O) groups excluding carboxylic acids is 2. The lowest BCUT2D eigenvalue weighted by atomic mass is 10.0. The van der Waals surface area contributed by atoms with Crippen LogP contribution in [0.4, 0.5) is 0 Å². The zero-order valence-corrected chi connectivity index (χ0v) is 14.4. The molecule has 0 aromatic carbocycles. The molecule has 0 aliphatic heterocycles. The van der Waals surface area contributed by atoms with Gasteiger partial charge in [0.2, 0.25) is 5.91 Å². The van der Waals surface area contributed by atoms with Crippen LogP contribution in [0.25, 0.3) is 5.82 Å². The minimum absolute atomic E-state index is 0.110. The SMILES string of the molecule is CC(C)CC(NC(=O)c1ccnc(-n2ccnc2)c1)C(=O)N(C)C. The third-order valence-electron chi connectivity index (χ3n) is 3.53. The van der Waals surface area contributed by atoms with Crippen LogP contribution in [-0.2, 0) is 4.79 Å². The van der Waals surface area contributed by atoms with Gasteiger partial charge in [0, 0.05) is 38.2 Å². The Hall–Kier alpha value is -2.70. The van der Waals surface area contributed by atoms with Crippen molar-refractivity contribution in [2.24, 2.45) is 5.92 Å². The Labute approximate surface area is 141 Å². The zero-order valence-electron chi connectivity index (χ0n) is 14.4. The Morgan fingerprint density at radius 1 is 1.29 bits per heavy atom. The average molecular weight is 329 g/mol. The number of amides is 2. The van der Waals surface area contributed by atoms with Crippen LogP contribution in [-0.4, -0.2) is 51.4 Å². The molecule has 0 aliphatic carbocycles. The summed E-state index contributed by atoms with van der Waals surface area (Å²) in [4.78, 5) is 34.5. The number of imidazole rings is 1. The molecule has 1 N–H and O–H groups in total. The summed E-state index contributed by atoms with van der Waals surface area (Å²) < 4.78 is 1.72. The number of hydrogen-bond donors (Lipinski definition) is 1. The standard InChI is InChI=1S/C17H23N5O2/c1-12(2)9-14(17(24)21(3)4)20-16(23)13-5-6-19-15(10-13)22-8-7-18-11-22/h5-8,10-12,14H,9H2,1-4H3,(H,20,23). The zero-order chi connectivity index (χ0) is 17.7. The maximum absolute atomic E-state index is 12.6. The fourth-order valence-electron chi connectivity index (χ4n) is 2.34. The molecule has 7 nitrogen and oxygen atoms in total. The van der Waals surface area contributed by atoms with E-state index in [1.165, 1.54) is 4.90 Å². The summed E-state index contributed by atoms with van der Waals surface area (Å²) in [6.07, 6.45) is 7.16. The van der Waals surface area contributed by atoms with E-state index in [9.17, 15) is 9.59 Å². The number of aromatic nitrogens is 3. The van der Waals surface area contributed by atoms with Gasteiger partial charge in [-0.2, -0.15) is 0 Å². The molecule has 0 fully saturated rings. The topological polar surface area (TPSA) is 80.1 Å². The first-order valence-corrected chi connectivity index (χ1v) is 7.85. The van der Waals surface area contributed by atoms with Gasteiger partial charge in [-0.25, -0.2) is 9.97 Å². The molecular formula is C17H23N5O2. The van der Waals surface area contributed by atoms with Crippen LogP contribution >= 0.6 is 0 Å². The molecule has 0 bridgehead atoms. The second-order valence-electron chi connectivity index (χ2n) is 6.26. The molecular weight excluding hydrogens is 306 g/mol. The highest BCUT2D eigenvalue weighted by Crippen LogP contribution is 2.10. The first kappa shape index (κ1) is 17.7. The Balaban J connectivity index is 2.17. The summed E-state index contributed by atoms with van der Waals surface area (Å²) in [7, 11) is 3.37. The molecule has 2 aromatic rings. The van der Waals surface area contributed by atoms with Gasteiger partial charge in [-0.1, -0.05) is 13.8 Å². The molecule has 2 aromatic heterocycles. The number of pyridine rings is 1. The predicted molar refractivity (Wildman–Crippen MR) is 90.8 cm³/mol. The van der Waals surface area contributed by atoms with Crippen LogP contribution in [0.1, 0.15) is 30.6 Å². The highest BCUT2D eigenvalue weighted by molar-refractivity contribution is 5.97. The third-order valence-corrected chi connectivity index (χ3v) is 3.53. The van der Waals surface area contributed by atoms with Crippen molar-refractivity contribution in [3.8, 4) is 5.82 Å². The Kier molecular flexibility index (Phi) is 5.68. The van der Waals surface area contributed by atoms with E-state index < -0.39 is 6.04 Å². The van der Waals surface area contributed by atoms with E-state index >= 15 is 0 Å². The molecule has 0 aliphatic rings. The van der Waals surface area contributed by atoms with Gasteiger partial charge in [-0.05, 0) is 24.5 Å². The molecule has 2 amide bonds. The molecule has 24 heavy (non-hydrogen) atoms. The number of hydrogen-bond acceptors (Lipinski definition) is 4. The van der Waals surface area contributed by atoms with E-state index in [0.717, 1.165) is 0 Å². The molecule has 2 rings (SSSR count). The van der Waals surface area contributed by atoms with E-state index in [-0.39, 0.29) is 17.7 Å². The Bertz CT molecular complexity index is 695. The first-order chi connectivity index (χ1) is 11.4. The third kappa shape index (κ3) is 4.41. The van der Waals surface area contributed by atoms with Gasteiger partial charge in [0.1, 0.15) is 18.2 Å². The van der Waals surface area contributed by atoms with E-state index in [1.54, 1.807) is 55.7 Å². The van der Waals surface area contributed by atoms with E-state index in [2.05, 4.69) is 15.3 Å². The van der Waals surface area contributed by atoms with Crippen LogP contribution in [0.5, 0.6) is 0 Å². The van der Waals surface area contributed by atoms with Crippen LogP contribution in [0.15, 0.2) is 37.1 Å². The summed E-state index contributed by atoms with van der Waals surface area (Å²) in [5.41, 5.74) is 0.453. The van der Waals surface area contributed by atoms with Crippen molar-refractivity contribution in [3.63, 3.8) is 0 Å². The highest BCUT2D eigenvalue weighted by atomic mass is 16.2. The number of nitrogens with zero attached hydrogens (tertiary/aromatic N) is 4. The fraction of sp³-hybridized carbons (Fsp3) is 0.412. The minimum Gasteiger partial charge on any atom is -0.347 e. The van der Waals surface area contributed by atoms with Crippen molar-refractivity contribution >= 4 is 11.8 Å². The van der Waals surface area contributed by atoms with E-state index in [4.69, 9.17) is 0 Å². The van der Waals surface area contributed by atoms with Crippen LogP contribution < -0.4 is 5.32 Å². The largest absolute Gasteiger partial charge is 0.347 e. The summed E-state index contributed by atoms with van der Waals surface area (Å²) in [6.45, 7) is 4.04. The molecule has 1 unspecified atom stereocenters. The minimum atomic E-state index is -0.544. The van der Waals surface area contributed by atoms with E-state index in [1.807, 2.05) is 13.8 Å². The molecule has 0 radical (unpaired) electrons. The van der Waals surface area contributed by atoms with Crippen molar-refractivity contribution in [1.82, 2.24) is 24.8 Å². The highest BCUT2D eigenvalue weighted by Gasteiger charge is 2.24. The van der Waals surface area contributed by atoms with Gasteiger partial charge >= 0.3 is 0 Å². The van der Waals surface area contributed by atoms with Crippen molar-refractivity contribution in [2.45, 2.75) is 26.3 Å². The summed E-state index contributed by atoms with van der Waals surface area (Å²) in [6, 6.07) is 2.75. The Morgan fingerprint density at radius 2 is 2.04 bits per heavy atom. The number of nitrogens with one attached hydrogen (secondary N) is 1. The van der Waals surface area contributed by atoms with Crippen molar-refractivity contribution in [1.29, 1.82) is 0 Å². The smallest absolute Gasteiger partial charge is 0.252 e. The number of rotatable bonds is 6. The molecule has 0 saturated heterocycles. The van der Waals surface area contributed by atoms with Gasteiger partial charge in [0.05, 0.1) is 0 Å². The van der Waals surface area contributed by atoms with Gasteiger partial charge in [-0.3, -0.25) is 14.2 Å². The normalized spacial score (nSPS) is 12.0. The Morgan fingerprint density at radius 3 is 2.62 bits per heavy atom. The monoisotopic (exact) mass is 329 g/mol. The second kappa shape index (κ2) is 7.72. The molecule has 2 heterocycles. The second-order valence-corrected chi connectivity index (χ2v) is 6.26. The average Bonchev–Trinajstić information content (AvgIpc) is 3.07. The van der Waals surface area contributed by atoms with Gasteiger partial charge < -0.3 is 10.2 Å². The molecule has 1 atom stereocenters. The maximum Gasteiger partial charge on any atom is 0.252 e. The summed E-state index contributed by atoms with van der Waals surface area (Å²) in [5, 5.41) is 2.84. The molecule has 7 heteroatoms. The van der Waals surface area contributed by atoms with Crippen molar-refractivity contribution < 1.29 is 9.59 Å². The molecule has 0 saturated carbocycles. The quantitative estimate of drug-likeness (QED) is 0.871. The van der Waals surface area contributed by atoms with Gasteiger partial charge in [0.25, 0.3) is 5.91 Å². The lowest BCUT2D eigenvalue weighted by molar-refractivity contribution is -0.131. The van der Waals surface area contributed by atoms with Crippen molar-refractivity contribution in [3.05, 3.63) is 42.6 Å². The predicted octanol–water partition coefficient (Wildman–Crippen LogP) is 1.50. The first-order valence-electron chi connectivity index (χ1n) is 7.85. The summed E-state index contributed by atoms with van der Waals surface area (Å²) >= 11 is 0. The van der Waals surface area contributed by atoms with Crippen LogP contribution in [0.3, 0.4) is 0 Å². The molecule has 0 spiro atoms. The van der Waals surface area contributed by atoms with Crippen LogP contribution in [0.2, 0.25) is 0 Å². The lowest BCUT2D eigenvalue weighted by Crippen LogP contribution is -2.46. The number of carbonyl (C=O) groups is 2. The maximum atomic E-state index is 12.6. The van der Waals surface area contributed by atoms with Crippen molar-refractivity contribution in [2.75, 3.05) is 14.1 Å². The lowest BCUT2D eigenvalue weighted by Gasteiger charge is -2.23. The summed E-state index contributed by atoms with van der Waals surface area (Å²) in [5.74, 6) is 0.484. The molecule has 128 valence electrons. The van der Waals surface area contributed by atoms with E-state index in [0.29, 0.717) is 17.8 Å². The number of likely N-dealkylation sites (N-methyl/N-ethyl adjacent to an activating group) is 1.